The third-order valence-corrected chi connectivity index (χ3v) is 3.81. The van der Waals surface area contributed by atoms with Crippen LogP contribution in [0.25, 0.3) is 11.0 Å². The van der Waals surface area contributed by atoms with E-state index >= 15 is 0 Å². The zero-order valence-corrected chi connectivity index (χ0v) is 14.1. The minimum Gasteiger partial charge on any atom is -0.497 e. The number of hydrogen-bond donors (Lipinski definition) is 1. The second-order valence-corrected chi connectivity index (χ2v) is 5.57. The number of benzene rings is 2. The van der Waals surface area contributed by atoms with Crippen LogP contribution in [0.1, 0.15) is 15.9 Å². The molecule has 3 rings (SSSR count). The number of carbonyl (C=O) groups is 1. The summed E-state index contributed by atoms with van der Waals surface area (Å²) in [5.74, 6) is -0.141. The molecule has 0 bridgehead atoms. The molecule has 1 aromatic heterocycles. The zero-order valence-electron chi connectivity index (χ0n) is 14.1. The summed E-state index contributed by atoms with van der Waals surface area (Å²) in [4.78, 5) is 45.8. The monoisotopic (exact) mass is 367 g/mol. The molecular weight excluding hydrogens is 354 g/mol. The highest BCUT2D eigenvalue weighted by molar-refractivity contribution is 5.96. The molecule has 2 aromatic carbocycles. The lowest BCUT2D eigenvalue weighted by atomic mass is 10.1. The van der Waals surface area contributed by atoms with Crippen molar-refractivity contribution >= 4 is 28.3 Å². The summed E-state index contributed by atoms with van der Waals surface area (Å²) >= 11 is 0. The number of nitroso groups, excluding NO2 is 2. The van der Waals surface area contributed by atoms with Crippen LogP contribution in [0.15, 0.2) is 62.0 Å². The fourth-order valence-corrected chi connectivity index (χ4v) is 2.52. The fourth-order valence-electron chi connectivity index (χ4n) is 2.52. The van der Waals surface area contributed by atoms with Gasteiger partial charge < -0.3 is 14.5 Å². The van der Waals surface area contributed by atoms with Gasteiger partial charge in [0.25, 0.3) is 5.91 Å². The maximum Gasteiger partial charge on any atom is 0.349 e. The van der Waals surface area contributed by atoms with Gasteiger partial charge in [-0.15, -0.1) is 9.81 Å². The van der Waals surface area contributed by atoms with Crippen LogP contribution in [0.3, 0.4) is 0 Å². The van der Waals surface area contributed by atoms with E-state index in [4.69, 9.17) is 9.15 Å². The highest BCUT2D eigenvalue weighted by Gasteiger charge is 2.14. The van der Waals surface area contributed by atoms with Gasteiger partial charge in [0.2, 0.25) is 0 Å². The Morgan fingerprint density at radius 3 is 2.41 bits per heavy atom. The van der Waals surface area contributed by atoms with Crippen LogP contribution in [0, 0.1) is 9.81 Å². The van der Waals surface area contributed by atoms with Crippen molar-refractivity contribution in [3.05, 3.63) is 73.8 Å². The van der Waals surface area contributed by atoms with Crippen molar-refractivity contribution in [3.8, 4) is 5.75 Å². The van der Waals surface area contributed by atoms with E-state index < -0.39 is 11.5 Å². The van der Waals surface area contributed by atoms with Gasteiger partial charge in [-0.2, -0.15) is 0 Å². The Balaban J connectivity index is 1.84. The van der Waals surface area contributed by atoms with Crippen molar-refractivity contribution in [2.45, 2.75) is 6.54 Å². The number of methoxy groups -OCH3 is 1. The Labute approximate surface area is 151 Å². The van der Waals surface area contributed by atoms with Gasteiger partial charge in [0.05, 0.1) is 7.11 Å². The van der Waals surface area contributed by atoms with Gasteiger partial charge in [0, 0.05) is 18.0 Å². The molecule has 1 amide bonds. The van der Waals surface area contributed by atoms with E-state index in [0.29, 0.717) is 22.3 Å². The molecular formula is C18H13N3O6. The molecule has 0 unspecified atom stereocenters. The Hall–Kier alpha value is -3.88. The summed E-state index contributed by atoms with van der Waals surface area (Å²) in [5.41, 5.74) is -0.226. The molecule has 27 heavy (non-hydrogen) atoms. The molecule has 0 aliphatic heterocycles. The van der Waals surface area contributed by atoms with Gasteiger partial charge in [-0.3, -0.25) is 4.79 Å². The second-order valence-electron chi connectivity index (χ2n) is 5.57. The molecule has 1 N–H and O–H groups in total. The predicted molar refractivity (Wildman–Crippen MR) is 97.6 cm³/mol. The minimum absolute atomic E-state index is 0.00974. The number of ether oxygens (including phenoxy) is 1. The topological polar surface area (TPSA) is 127 Å². The summed E-state index contributed by atoms with van der Waals surface area (Å²) < 4.78 is 10.2. The van der Waals surface area contributed by atoms with Crippen LogP contribution in [0.4, 0.5) is 11.4 Å². The van der Waals surface area contributed by atoms with Crippen molar-refractivity contribution in [2.24, 2.45) is 10.4 Å². The first-order valence-corrected chi connectivity index (χ1v) is 7.75. The number of carbonyl (C=O) groups excluding carboxylic acids is 1. The maximum atomic E-state index is 12.3. The molecule has 0 saturated carbocycles. The molecule has 3 aromatic rings. The highest BCUT2D eigenvalue weighted by Crippen LogP contribution is 2.23. The largest absolute Gasteiger partial charge is 0.497 e. The van der Waals surface area contributed by atoms with Crippen molar-refractivity contribution in [1.29, 1.82) is 0 Å². The maximum absolute atomic E-state index is 12.3. The molecule has 9 heteroatoms. The summed E-state index contributed by atoms with van der Waals surface area (Å²) in [7, 11) is 1.49. The average Bonchev–Trinajstić information content (AvgIpc) is 2.70. The van der Waals surface area contributed by atoms with Crippen molar-refractivity contribution in [1.82, 2.24) is 5.32 Å². The molecule has 0 aliphatic rings. The fraction of sp³-hybridized carbons (Fsp3) is 0.111. The molecule has 0 aliphatic carbocycles. The van der Waals surface area contributed by atoms with E-state index in [9.17, 15) is 19.4 Å². The summed E-state index contributed by atoms with van der Waals surface area (Å²) in [6, 6.07) is 10.3. The van der Waals surface area contributed by atoms with E-state index in [1.54, 1.807) is 18.2 Å². The predicted octanol–water partition coefficient (Wildman–Crippen LogP) is 3.53. The number of nitrogens with zero attached hydrogens (tertiary/aromatic N) is 2. The Kier molecular flexibility index (Phi) is 5.02. The van der Waals surface area contributed by atoms with Gasteiger partial charge in [0.1, 0.15) is 28.3 Å². The van der Waals surface area contributed by atoms with Crippen LogP contribution in [-0.4, -0.2) is 13.0 Å². The SMILES string of the molecule is COc1ccc2cc(C(=O)NCc3cc(N=O)cc(N=O)c3)c(=O)oc2c1. The van der Waals surface area contributed by atoms with Crippen LogP contribution in [0.5, 0.6) is 5.75 Å². The molecule has 0 spiro atoms. The zero-order chi connectivity index (χ0) is 19.4. The van der Waals surface area contributed by atoms with Crippen LogP contribution in [-0.2, 0) is 6.54 Å². The molecule has 0 saturated heterocycles. The minimum atomic E-state index is -0.799. The van der Waals surface area contributed by atoms with E-state index in [2.05, 4.69) is 15.7 Å². The van der Waals surface area contributed by atoms with E-state index in [1.165, 1.54) is 31.4 Å². The standard InChI is InChI=1S/C18H13N3O6/c1-26-14-3-2-11-6-15(18(23)27-16(11)8-14)17(22)19-9-10-4-12(20-24)7-13(5-10)21-25/h2-8H,9H2,1H3,(H,19,22). The molecule has 1 heterocycles. The summed E-state index contributed by atoms with van der Waals surface area (Å²) in [6.07, 6.45) is 0. The first kappa shape index (κ1) is 17.9. The van der Waals surface area contributed by atoms with Crippen LogP contribution >= 0.6 is 0 Å². The number of rotatable bonds is 6. The van der Waals surface area contributed by atoms with Crippen molar-refractivity contribution in [3.63, 3.8) is 0 Å². The first-order valence-electron chi connectivity index (χ1n) is 7.75. The van der Waals surface area contributed by atoms with E-state index in [1.807, 2.05) is 0 Å². The van der Waals surface area contributed by atoms with Crippen molar-refractivity contribution in [2.75, 3.05) is 7.11 Å². The van der Waals surface area contributed by atoms with Crippen molar-refractivity contribution < 1.29 is 13.9 Å². The summed E-state index contributed by atoms with van der Waals surface area (Å²) in [6.45, 7) is -0.0369. The lowest BCUT2D eigenvalue weighted by molar-refractivity contribution is 0.0947. The average molecular weight is 367 g/mol. The second kappa shape index (κ2) is 7.56. The Bertz CT molecular complexity index is 1080. The van der Waals surface area contributed by atoms with Gasteiger partial charge in [-0.05, 0) is 52.3 Å². The van der Waals surface area contributed by atoms with Gasteiger partial charge in [-0.25, -0.2) is 4.79 Å². The third kappa shape index (κ3) is 3.87. The van der Waals surface area contributed by atoms with E-state index in [-0.39, 0.29) is 23.5 Å². The quantitative estimate of drug-likeness (QED) is 0.524. The first-order chi connectivity index (χ1) is 13.0. The molecule has 0 atom stereocenters. The number of hydrogen-bond acceptors (Lipinski definition) is 8. The lowest BCUT2D eigenvalue weighted by Crippen LogP contribution is -2.27. The van der Waals surface area contributed by atoms with Crippen LogP contribution in [0.2, 0.25) is 0 Å². The number of nitrogens with one attached hydrogen (secondary N) is 1. The number of fused-ring (bicyclic) bond motifs is 1. The van der Waals surface area contributed by atoms with Crippen LogP contribution < -0.4 is 15.7 Å². The molecule has 0 radical (unpaired) electrons. The normalized spacial score (nSPS) is 10.4. The highest BCUT2D eigenvalue weighted by atomic mass is 16.5. The van der Waals surface area contributed by atoms with Gasteiger partial charge in [0.15, 0.2) is 0 Å². The lowest BCUT2D eigenvalue weighted by Gasteiger charge is -2.07. The molecule has 0 fully saturated rings. The van der Waals surface area contributed by atoms with Gasteiger partial charge >= 0.3 is 5.63 Å². The summed E-state index contributed by atoms with van der Waals surface area (Å²) in [5, 5.41) is 8.59. The number of amides is 1. The molecule has 9 nitrogen and oxygen atoms in total. The Morgan fingerprint density at radius 1 is 1.07 bits per heavy atom. The molecule has 136 valence electrons. The third-order valence-electron chi connectivity index (χ3n) is 3.81. The van der Waals surface area contributed by atoms with E-state index in [0.717, 1.165) is 0 Å². The Morgan fingerprint density at radius 2 is 1.78 bits per heavy atom. The smallest absolute Gasteiger partial charge is 0.349 e. The van der Waals surface area contributed by atoms with Gasteiger partial charge in [-0.1, -0.05) is 0 Å².